The Morgan fingerprint density at radius 3 is 2.74 bits per heavy atom. The van der Waals surface area contributed by atoms with Crippen LogP contribution in [0.4, 0.5) is 0 Å². The van der Waals surface area contributed by atoms with Crippen LogP contribution in [-0.4, -0.2) is 42.6 Å². The van der Waals surface area contributed by atoms with Crippen molar-refractivity contribution in [3.8, 4) is 16.9 Å². The van der Waals surface area contributed by atoms with Crippen LogP contribution in [0.15, 0.2) is 57.3 Å². The van der Waals surface area contributed by atoms with Crippen molar-refractivity contribution in [2.24, 2.45) is 9.98 Å². The maximum atomic E-state index is 5.27. The van der Waals surface area contributed by atoms with Crippen molar-refractivity contribution in [1.29, 1.82) is 0 Å². The van der Waals surface area contributed by atoms with E-state index in [1.165, 1.54) is 28.0 Å². The summed E-state index contributed by atoms with van der Waals surface area (Å²) in [7, 11) is 1.70. The number of thioether (sulfide) groups is 1. The fourth-order valence-electron chi connectivity index (χ4n) is 3.38. The molecule has 0 amide bonds. The van der Waals surface area contributed by atoms with Crippen LogP contribution < -0.4 is 4.74 Å². The van der Waals surface area contributed by atoms with Crippen LogP contribution in [0, 0.1) is 0 Å². The van der Waals surface area contributed by atoms with Crippen molar-refractivity contribution in [2.75, 3.05) is 26.7 Å². The van der Waals surface area contributed by atoms with Gasteiger partial charge in [0.1, 0.15) is 11.6 Å². The standard InChI is InChI=1S/C22H25N3OS/c1-3-4-12-24-22-25-14-5-13-23-21(25)19-11-8-17(15-20(19)27-22)16-6-9-18(26-2)10-7-16/h6-11,15H,3-5,12-14H2,1-2H3. The quantitative estimate of drug-likeness (QED) is 0.680. The van der Waals surface area contributed by atoms with E-state index >= 15 is 0 Å². The van der Waals surface area contributed by atoms with Crippen molar-refractivity contribution in [3.05, 3.63) is 48.0 Å². The van der Waals surface area contributed by atoms with Crippen molar-refractivity contribution in [1.82, 2.24) is 4.90 Å². The van der Waals surface area contributed by atoms with Gasteiger partial charge in [-0.05, 0) is 48.2 Å². The molecule has 0 spiro atoms. The second-order valence-electron chi connectivity index (χ2n) is 6.77. The summed E-state index contributed by atoms with van der Waals surface area (Å²) in [4.78, 5) is 13.3. The average molecular weight is 380 g/mol. The molecule has 0 aliphatic carbocycles. The zero-order valence-corrected chi connectivity index (χ0v) is 16.8. The van der Waals surface area contributed by atoms with Gasteiger partial charge in [-0.1, -0.05) is 43.3 Å². The molecule has 0 fully saturated rings. The number of methoxy groups -OCH3 is 1. The number of hydrogen-bond donors (Lipinski definition) is 0. The average Bonchev–Trinajstić information content (AvgIpc) is 2.73. The Balaban J connectivity index is 1.70. The molecule has 0 saturated heterocycles. The lowest BCUT2D eigenvalue weighted by Gasteiger charge is -2.35. The van der Waals surface area contributed by atoms with Gasteiger partial charge in [-0.15, -0.1) is 0 Å². The van der Waals surface area contributed by atoms with Gasteiger partial charge in [-0.25, -0.2) is 0 Å². The second-order valence-corrected chi connectivity index (χ2v) is 7.78. The molecule has 0 unspecified atom stereocenters. The number of hydrogen-bond acceptors (Lipinski definition) is 4. The summed E-state index contributed by atoms with van der Waals surface area (Å²) in [5, 5.41) is 1.10. The Morgan fingerprint density at radius 1 is 1.15 bits per heavy atom. The van der Waals surface area contributed by atoms with Gasteiger partial charge in [-0.3, -0.25) is 9.98 Å². The van der Waals surface area contributed by atoms with Crippen LogP contribution in [0.3, 0.4) is 0 Å². The van der Waals surface area contributed by atoms with Crippen LogP contribution in [0.2, 0.25) is 0 Å². The summed E-state index contributed by atoms with van der Waals surface area (Å²) in [5.74, 6) is 1.97. The largest absolute Gasteiger partial charge is 0.497 e. The highest BCUT2D eigenvalue weighted by Crippen LogP contribution is 2.37. The molecular weight excluding hydrogens is 354 g/mol. The third kappa shape index (κ3) is 3.74. The third-order valence-electron chi connectivity index (χ3n) is 4.89. The van der Waals surface area contributed by atoms with E-state index in [1.54, 1.807) is 18.9 Å². The van der Waals surface area contributed by atoms with E-state index in [2.05, 4.69) is 42.2 Å². The van der Waals surface area contributed by atoms with Crippen molar-refractivity contribution < 1.29 is 4.74 Å². The van der Waals surface area contributed by atoms with Crippen molar-refractivity contribution in [2.45, 2.75) is 31.1 Å². The van der Waals surface area contributed by atoms with Gasteiger partial charge in [0.15, 0.2) is 5.17 Å². The number of amidine groups is 2. The lowest BCUT2D eigenvalue weighted by molar-refractivity contribution is 0.415. The lowest BCUT2D eigenvalue weighted by atomic mass is 10.0. The number of fused-ring (bicyclic) bond motifs is 3. The Morgan fingerprint density at radius 2 is 1.96 bits per heavy atom. The van der Waals surface area contributed by atoms with Crippen LogP contribution in [0.5, 0.6) is 5.75 Å². The van der Waals surface area contributed by atoms with E-state index in [0.717, 1.165) is 49.2 Å². The Labute approximate surface area is 165 Å². The summed E-state index contributed by atoms with van der Waals surface area (Å²) in [6.45, 7) is 5.00. The van der Waals surface area contributed by atoms with E-state index in [9.17, 15) is 0 Å². The summed E-state index contributed by atoms with van der Waals surface area (Å²) in [5.41, 5.74) is 3.63. The number of aliphatic imine (C=N–C) groups is 2. The minimum Gasteiger partial charge on any atom is -0.497 e. The molecule has 0 radical (unpaired) electrons. The molecular formula is C22H25N3OS. The molecule has 140 valence electrons. The fraction of sp³-hybridized carbons (Fsp3) is 0.364. The Kier molecular flexibility index (Phi) is 5.48. The molecule has 0 N–H and O–H groups in total. The van der Waals surface area contributed by atoms with E-state index in [4.69, 9.17) is 14.7 Å². The molecule has 2 aliphatic heterocycles. The third-order valence-corrected chi connectivity index (χ3v) is 5.98. The smallest absolute Gasteiger partial charge is 0.169 e. The molecule has 4 nitrogen and oxygen atoms in total. The number of ether oxygens (including phenoxy) is 1. The molecule has 0 bridgehead atoms. The molecule has 0 aromatic heterocycles. The summed E-state index contributed by atoms with van der Waals surface area (Å²) in [6.07, 6.45) is 3.39. The minimum atomic E-state index is 0.878. The zero-order chi connectivity index (χ0) is 18.6. The first kappa shape index (κ1) is 18.1. The fourth-order valence-corrected chi connectivity index (χ4v) is 4.48. The zero-order valence-electron chi connectivity index (χ0n) is 15.9. The topological polar surface area (TPSA) is 37.2 Å². The Hall–Kier alpha value is -2.27. The number of rotatable bonds is 5. The van der Waals surface area contributed by atoms with Gasteiger partial charge in [0.05, 0.1) is 7.11 Å². The molecule has 2 heterocycles. The van der Waals surface area contributed by atoms with Crippen molar-refractivity contribution >= 4 is 22.8 Å². The number of benzene rings is 2. The van der Waals surface area contributed by atoms with Gasteiger partial charge in [0.25, 0.3) is 0 Å². The molecule has 2 aromatic rings. The molecule has 4 rings (SSSR count). The van der Waals surface area contributed by atoms with E-state index < -0.39 is 0 Å². The highest BCUT2D eigenvalue weighted by molar-refractivity contribution is 8.14. The van der Waals surface area contributed by atoms with E-state index in [0.29, 0.717) is 0 Å². The first-order chi connectivity index (χ1) is 13.3. The van der Waals surface area contributed by atoms with E-state index in [-0.39, 0.29) is 0 Å². The summed E-state index contributed by atoms with van der Waals surface area (Å²) in [6, 6.07) is 14.9. The number of unbranched alkanes of at least 4 members (excludes halogenated alkanes) is 1. The first-order valence-corrected chi connectivity index (χ1v) is 10.4. The van der Waals surface area contributed by atoms with Gasteiger partial charge in [-0.2, -0.15) is 0 Å². The molecule has 27 heavy (non-hydrogen) atoms. The number of nitrogens with zero attached hydrogens (tertiary/aromatic N) is 3. The van der Waals surface area contributed by atoms with Gasteiger partial charge in [0.2, 0.25) is 0 Å². The van der Waals surface area contributed by atoms with Gasteiger partial charge < -0.3 is 9.64 Å². The molecule has 2 aliphatic rings. The maximum Gasteiger partial charge on any atom is 0.169 e. The molecule has 2 aromatic carbocycles. The predicted molar refractivity (Wildman–Crippen MR) is 114 cm³/mol. The van der Waals surface area contributed by atoms with Crippen LogP contribution in [-0.2, 0) is 0 Å². The predicted octanol–water partition coefficient (Wildman–Crippen LogP) is 5.08. The molecule has 0 atom stereocenters. The van der Waals surface area contributed by atoms with Gasteiger partial charge in [0, 0.05) is 30.1 Å². The van der Waals surface area contributed by atoms with Crippen LogP contribution in [0.1, 0.15) is 31.7 Å². The molecule has 0 saturated carbocycles. The minimum absolute atomic E-state index is 0.878. The van der Waals surface area contributed by atoms with Gasteiger partial charge >= 0.3 is 0 Å². The summed E-state index contributed by atoms with van der Waals surface area (Å²) >= 11 is 1.78. The first-order valence-electron chi connectivity index (χ1n) is 9.63. The molecule has 5 heteroatoms. The monoisotopic (exact) mass is 379 g/mol. The lowest BCUT2D eigenvalue weighted by Crippen LogP contribution is -2.42. The normalized spacial score (nSPS) is 17.3. The SMILES string of the molecule is CCCCN=C1Sc2cc(-c3ccc(OC)cc3)ccc2C2=NCCCN12. The maximum absolute atomic E-state index is 5.27. The second kappa shape index (κ2) is 8.17. The Bertz CT molecular complexity index is 874. The highest BCUT2D eigenvalue weighted by atomic mass is 32.2. The highest BCUT2D eigenvalue weighted by Gasteiger charge is 2.30. The van der Waals surface area contributed by atoms with Crippen LogP contribution in [0.25, 0.3) is 11.1 Å². The van der Waals surface area contributed by atoms with Crippen molar-refractivity contribution in [3.63, 3.8) is 0 Å². The van der Waals surface area contributed by atoms with Crippen LogP contribution >= 0.6 is 11.8 Å². The van der Waals surface area contributed by atoms with E-state index in [1.807, 2.05) is 12.1 Å². The summed E-state index contributed by atoms with van der Waals surface area (Å²) < 4.78 is 5.27.